The van der Waals surface area contributed by atoms with E-state index in [1.54, 1.807) is 0 Å². The van der Waals surface area contributed by atoms with E-state index in [0.717, 1.165) is 0 Å². The average Bonchev–Trinajstić information content (AvgIpc) is 0.800. The van der Waals surface area contributed by atoms with Crippen molar-refractivity contribution in [3.05, 3.63) is 0 Å². The van der Waals surface area contributed by atoms with Gasteiger partial charge in [-0.1, -0.05) is 0 Å². The predicted molar refractivity (Wildman–Crippen MR) is 597 cm³/mol. The van der Waals surface area contributed by atoms with Crippen molar-refractivity contribution < 1.29 is 133 Å². The topological polar surface area (TPSA) is 314 Å². The maximum absolute atomic E-state index is 11.4. The molecule has 63 heteroatoms. The van der Waals surface area contributed by atoms with Crippen LogP contribution in [0.25, 0.3) is 0 Å². The van der Waals surface area contributed by atoms with Crippen LogP contribution in [0.5, 0.6) is 0 Å². The van der Waals surface area contributed by atoms with E-state index in [9.17, 15) is 9.90 Å². The molecule has 0 heterocycles. The Morgan fingerprint density at radius 3 is 0.271 bits per heavy atom. The van der Waals surface area contributed by atoms with Gasteiger partial charge in [-0.3, -0.25) is 4.79 Å². The minimum atomic E-state index is -2.95. The Kier molecular flexibility index (Phi) is 47.1. The zero-order valence-electron chi connectivity index (χ0n) is 93.5. The molecule has 0 atom stereocenters. The summed E-state index contributed by atoms with van der Waals surface area (Å²) in [5.41, 5.74) is 0. The molecule has 0 radical (unpaired) electrons. The Labute approximate surface area is 821 Å². The molecule has 0 spiro atoms. The molecule has 32 nitrogen and oxygen atoms in total. The summed E-state index contributed by atoms with van der Waals surface area (Å²) in [6.07, 6.45) is 0.0689. The number of hydrogen-bond donors (Lipinski definition) is 1. The van der Waals surface area contributed by atoms with Gasteiger partial charge in [-0.25, -0.2) is 0 Å². The number of aliphatic carboxylic acids is 1. The van der Waals surface area contributed by atoms with Gasteiger partial charge in [0.05, 0.1) is 0 Å². The lowest BCUT2D eigenvalue weighted by molar-refractivity contribution is -0.136. The highest BCUT2D eigenvalue weighted by Crippen LogP contribution is 2.39. The second kappa shape index (κ2) is 45.4. The van der Waals surface area contributed by atoms with Crippen LogP contribution in [0.3, 0.4) is 0 Å². The van der Waals surface area contributed by atoms with Crippen LogP contribution in [-0.2, 0) is 128 Å². The van der Waals surface area contributed by atoms with Crippen molar-refractivity contribution in [3.8, 4) is 0 Å². The summed E-state index contributed by atoms with van der Waals surface area (Å²) in [5, 5.41) is 9.32. The quantitative estimate of drug-likeness (QED) is 0.0553. The predicted octanol–water partition coefficient (Wildman–Crippen LogP) is 23.4. The highest BCUT2D eigenvalue weighted by Gasteiger charge is 2.59. The molecule has 0 aromatic rings. The third-order valence-electron chi connectivity index (χ3n) is 15.8. The lowest BCUT2D eigenvalue weighted by Crippen LogP contribution is -2.63. The van der Waals surface area contributed by atoms with E-state index in [-0.39, 0.29) is 6.42 Å². The summed E-state index contributed by atoms with van der Waals surface area (Å²) in [6.45, 7) is 129. The fourth-order valence-corrected chi connectivity index (χ4v) is 180. The Morgan fingerprint density at radius 1 is 0.132 bits per heavy atom. The molecule has 0 amide bonds. The van der Waals surface area contributed by atoms with Crippen molar-refractivity contribution in [2.45, 2.75) is 425 Å². The minimum Gasteiger partial charge on any atom is -0.481 e. The fraction of sp³-hybridized carbons (Fsp3) is 0.985. The summed E-state index contributed by atoms with van der Waals surface area (Å²) in [7, 11) is -87.4. The Hall–Kier alpha value is 4.99. The normalized spacial score (nSPS) is 16.1. The molecule has 0 rings (SSSR count). The van der Waals surface area contributed by atoms with Crippen LogP contribution in [-0.4, -0.2) is 276 Å². The first-order valence-electron chi connectivity index (χ1n) is 45.4. The highest BCUT2D eigenvalue weighted by molar-refractivity contribution is 6.99. The standard InChI is InChI=1S/C66H194O32Si31/c1-99(2,3)69-101(6,7)71-103(10,11)73-105(14,15)75-107(18,19)77-109(22,23)79-111(26,27)81-113(30,31)83-115(34,35)85-117(38,39)87-119(42,43)89-121(46,47)91-123(50,51)93-125(54,55)95-127(58,59)97-129(62,63)98-128(60,61)96-126(56,57)94-124(52,53)92-122(48,49)90-120(44,45)88-118(40,41)86-116(36,37)84-114(32,33)82-112(28,29)80-110(24,25)78-108(20,21)76-106(16,17)74-104(12,13)72-102(8,9)70-100(4,5)65-64-66(67)68/h64-65H2,1-63H3,(H,67,68). The smallest absolute Gasteiger partial charge is 0.314 e. The summed E-state index contributed by atoms with van der Waals surface area (Å²) >= 11 is 0. The monoisotopic (exact) mass is 2370 g/mol. The van der Waals surface area contributed by atoms with Gasteiger partial charge in [0.15, 0.2) is 16.6 Å². The maximum atomic E-state index is 11.4. The lowest BCUT2D eigenvalue weighted by atomic mass is 10.5. The van der Waals surface area contributed by atoms with Gasteiger partial charge in [0.2, 0.25) is 0 Å². The van der Waals surface area contributed by atoms with Crippen LogP contribution < -0.4 is 0 Å². The molecule has 0 unspecified atom stereocenters. The fourth-order valence-electron chi connectivity index (χ4n) is 19.0. The number of carboxylic acids is 1. The van der Waals surface area contributed by atoms with Gasteiger partial charge in [0.25, 0.3) is 0 Å². The molecule has 0 aliphatic rings. The molecule has 0 aromatic heterocycles. The van der Waals surface area contributed by atoms with Crippen molar-refractivity contribution in [1.29, 1.82) is 0 Å². The third kappa shape index (κ3) is 62.6. The summed E-state index contributed by atoms with van der Waals surface area (Å²) in [6, 6.07) is 0.504. The zero-order chi connectivity index (χ0) is 104. The molecule has 0 saturated carbocycles. The van der Waals surface area contributed by atoms with E-state index in [2.05, 4.69) is 164 Å². The first-order valence-corrected chi connectivity index (χ1v) is 134. The number of carbonyl (C=O) groups is 1. The van der Waals surface area contributed by atoms with E-state index >= 15 is 0 Å². The van der Waals surface area contributed by atoms with Gasteiger partial charge in [0, 0.05) is 6.42 Å². The van der Waals surface area contributed by atoms with E-state index in [0.29, 0.717) is 6.04 Å². The Morgan fingerprint density at radius 2 is 0.202 bits per heavy atom. The highest BCUT2D eigenvalue weighted by atomic mass is 28.6. The SMILES string of the molecule is C[Si](C)(C)O[Si](C)(C)O[Si](C)(C)O[Si](C)(C)O[Si](C)(C)O[Si](C)(C)O[Si](C)(C)O[Si](C)(C)O[Si](C)(C)O[Si](C)(C)O[Si](C)(C)O[Si](C)(C)O[Si](C)(C)O[Si](C)(C)O[Si](C)(C)O[Si](C)(C)O[Si](C)(C)O[Si](C)(C)O[Si](C)(C)O[Si](C)(C)O[Si](C)(C)O[Si](C)(C)O[Si](C)(C)O[Si](C)(C)O[Si](C)(C)O[Si](C)(C)O[Si](C)(C)O[Si](C)(C)O[Si](C)(C)O[Si](C)(C)O[Si](C)(C)CCC(=O)O. The molecule has 0 aliphatic heterocycles. The molecule has 0 aliphatic carbocycles. The van der Waals surface area contributed by atoms with Gasteiger partial charge in [-0.15, -0.1) is 0 Å². The van der Waals surface area contributed by atoms with E-state index < -0.39 is 271 Å². The average molecular weight is 2370 g/mol. The van der Waals surface area contributed by atoms with Crippen molar-refractivity contribution in [2.24, 2.45) is 0 Å². The summed E-state index contributed by atoms with van der Waals surface area (Å²) < 4.78 is 208. The van der Waals surface area contributed by atoms with Gasteiger partial charge < -0.3 is 129 Å². The van der Waals surface area contributed by atoms with Crippen LogP contribution in [0, 0.1) is 0 Å². The van der Waals surface area contributed by atoms with Gasteiger partial charge in [0.1, 0.15) is 0 Å². The molecular weight excluding hydrogens is 2180 g/mol. The number of hydrogen-bond acceptors (Lipinski definition) is 31. The van der Waals surface area contributed by atoms with E-state index in [1.807, 2.05) is 249 Å². The van der Waals surface area contributed by atoms with Gasteiger partial charge >= 0.3 is 254 Å². The molecule has 0 aromatic carbocycles. The Bertz CT molecular complexity index is 3410. The molecular formula is C66H194O32Si31. The van der Waals surface area contributed by atoms with Gasteiger partial charge in [-0.05, 0) is 419 Å². The zero-order valence-corrected chi connectivity index (χ0v) is 125. The number of rotatable bonds is 63. The van der Waals surface area contributed by atoms with Crippen molar-refractivity contribution in [3.63, 3.8) is 0 Å². The van der Waals surface area contributed by atoms with Crippen molar-refractivity contribution in [1.82, 2.24) is 0 Å². The van der Waals surface area contributed by atoms with E-state index in [1.165, 1.54) is 0 Å². The molecule has 0 bridgehead atoms. The summed E-state index contributed by atoms with van der Waals surface area (Å²) in [5.74, 6) is -0.828. The molecule has 774 valence electrons. The molecule has 1 N–H and O–H groups in total. The summed E-state index contributed by atoms with van der Waals surface area (Å²) in [4.78, 5) is 11.4. The maximum Gasteiger partial charge on any atom is 0.314 e. The van der Waals surface area contributed by atoms with Crippen LogP contribution >= 0.6 is 0 Å². The molecule has 129 heavy (non-hydrogen) atoms. The van der Waals surface area contributed by atoms with Crippen molar-refractivity contribution >= 4 is 271 Å². The second-order valence-electron chi connectivity index (χ2n) is 48.4. The van der Waals surface area contributed by atoms with Crippen LogP contribution in [0.1, 0.15) is 6.42 Å². The molecule has 0 fully saturated rings. The van der Waals surface area contributed by atoms with Crippen LogP contribution in [0.2, 0.25) is 419 Å². The lowest BCUT2D eigenvalue weighted by Gasteiger charge is -2.45. The Balaban J connectivity index is 5.98. The first-order chi connectivity index (χ1) is 55.1. The van der Waals surface area contributed by atoms with E-state index in [4.69, 9.17) is 123 Å². The minimum absolute atomic E-state index is 0.0689. The second-order valence-corrected chi connectivity index (χ2v) is 162. The number of carboxylic acid groups (broad SMARTS) is 1. The molecule has 0 saturated heterocycles. The third-order valence-corrected chi connectivity index (χ3v) is 136. The largest absolute Gasteiger partial charge is 0.481 e. The van der Waals surface area contributed by atoms with Crippen LogP contribution in [0.15, 0.2) is 0 Å². The van der Waals surface area contributed by atoms with Crippen LogP contribution in [0.4, 0.5) is 0 Å². The van der Waals surface area contributed by atoms with Gasteiger partial charge in [-0.2, -0.15) is 0 Å². The van der Waals surface area contributed by atoms with Crippen molar-refractivity contribution in [2.75, 3.05) is 0 Å². The first kappa shape index (κ1) is 134.